The van der Waals surface area contributed by atoms with E-state index in [1.165, 1.54) is 19.2 Å². The molecule has 0 aliphatic carbocycles. The number of nitro benzene ring substituents is 1. The number of imide groups is 1. The standard InChI is InChI=1S/C22H18N4O6/c1-32-15-7-6-12(26(30)31)10-14(15)25-21(28)16-17(22(25)29)19(20(23)27)24-9-8-11-4-2-3-5-13(11)18(16)24/h2-10,16-19H,1H3,(H2,23,27)/t16-,17-,18+,19+/m1/s1. The van der Waals surface area contributed by atoms with E-state index < -0.39 is 46.6 Å². The van der Waals surface area contributed by atoms with Crippen molar-refractivity contribution in [1.82, 2.24) is 4.90 Å². The van der Waals surface area contributed by atoms with Crippen molar-refractivity contribution < 1.29 is 24.0 Å². The maximum Gasteiger partial charge on any atom is 0.271 e. The molecule has 10 nitrogen and oxygen atoms in total. The zero-order chi connectivity index (χ0) is 22.7. The van der Waals surface area contributed by atoms with Gasteiger partial charge in [0.15, 0.2) is 0 Å². The Balaban J connectivity index is 1.66. The molecule has 0 radical (unpaired) electrons. The Morgan fingerprint density at radius 1 is 1.12 bits per heavy atom. The number of hydrogen-bond acceptors (Lipinski definition) is 7. The van der Waals surface area contributed by atoms with Gasteiger partial charge in [0.2, 0.25) is 17.7 Å². The fourth-order valence-electron chi connectivity index (χ4n) is 5.09. The van der Waals surface area contributed by atoms with Gasteiger partial charge in [-0.25, -0.2) is 4.90 Å². The number of amides is 3. The molecule has 0 unspecified atom stereocenters. The second kappa shape index (κ2) is 6.91. The van der Waals surface area contributed by atoms with Crippen molar-refractivity contribution in [3.8, 4) is 5.75 Å². The Morgan fingerprint density at radius 3 is 2.53 bits per heavy atom. The molecule has 3 aliphatic rings. The van der Waals surface area contributed by atoms with E-state index in [-0.39, 0.29) is 17.1 Å². The molecule has 3 amide bonds. The van der Waals surface area contributed by atoms with Crippen LogP contribution in [0, 0.1) is 22.0 Å². The lowest BCUT2D eigenvalue weighted by Gasteiger charge is -2.34. The molecule has 162 valence electrons. The van der Waals surface area contributed by atoms with Crippen molar-refractivity contribution in [2.75, 3.05) is 12.0 Å². The number of carbonyl (C=O) groups excluding carboxylic acids is 3. The highest BCUT2D eigenvalue weighted by atomic mass is 16.6. The first-order chi connectivity index (χ1) is 15.3. The summed E-state index contributed by atoms with van der Waals surface area (Å²) in [5, 5.41) is 11.3. The number of carbonyl (C=O) groups is 3. The molecule has 2 aromatic rings. The van der Waals surface area contributed by atoms with Crippen molar-refractivity contribution in [2.24, 2.45) is 17.6 Å². The molecule has 0 spiro atoms. The number of primary amides is 1. The van der Waals surface area contributed by atoms with Crippen LogP contribution in [0.5, 0.6) is 5.75 Å². The molecule has 10 heteroatoms. The van der Waals surface area contributed by atoms with Gasteiger partial charge in [0, 0.05) is 18.3 Å². The molecule has 4 atom stereocenters. The number of non-ortho nitro benzene ring substituents is 1. The zero-order valence-corrected chi connectivity index (χ0v) is 16.9. The van der Waals surface area contributed by atoms with Crippen LogP contribution in [-0.4, -0.2) is 40.7 Å². The third-order valence-electron chi connectivity index (χ3n) is 6.37. The van der Waals surface area contributed by atoms with Gasteiger partial charge in [-0.1, -0.05) is 24.3 Å². The van der Waals surface area contributed by atoms with Crippen LogP contribution in [-0.2, 0) is 14.4 Å². The molecule has 2 aromatic carbocycles. The number of fused-ring (bicyclic) bond motifs is 5. The molecular weight excluding hydrogens is 416 g/mol. The first-order valence-corrected chi connectivity index (χ1v) is 9.89. The lowest BCUT2D eigenvalue weighted by Crippen LogP contribution is -2.46. The number of nitrogens with zero attached hydrogens (tertiary/aromatic N) is 3. The number of ether oxygens (including phenoxy) is 1. The van der Waals surface area contributed by atoms with E-state index in [9.17, 15) is 24.5 Å². The van der Waals surface area contributed by atoms with Crippen LogP contribution in [0.15, 0.2) is 48.7 Å². The van der Waals surface area contributed by atoms with Gasteiger partial charge < -0.3 is 15.4 Å². The second-order valence-electron chi connectivity index (χ2n) is 7.86. The Kier molecular flexibility index (Phi) is 4.26. The van der Waals surface area contributed by atoms with Crippen LogP contribution in [0.4, 0.5) is 11.4 Å². The maximum absolute atomic E-state index is 13.7. The summed E-state index contributed by atoms with van der Waals surface area (Å²) < 4.78 is 5.27. The smallest absolute Gasteiger partial charge is 0.271 e. The van der Waals surface area contributed by atoms with Crippen molar-refractivity contribution >= 4 is 35.2 Å². The van der Waals surface area contributed by atoms with Gasteiger partial charge in [-0.05, 0) is 23.3 Å². The molecule has 3 aliphatic heterocycles. The molecule has 2 N–H and O–H groups in total. The van der Waals surface area contributed by atoms with Gasteiger partial charge in [-0.15, -0.1) is 0 Å². The first kappa shape index (κ1) is 19.7. The van der Waals surface area contributed by atoms with Crippen molar-refractivity contribution in [1.29, 1.82) is 0 Å². The molecule has 2 saturated heterocycles. The van der Waals surface area contributed by atoms with Crippen LogP contribution >= 0.6 is 0 Å². The fraction of sp³-hybridized carbons (Fsp3) is 0.227. The minimum atomic E-state index is -1.03. The highest BCUT2D eigenvalue weighted by Gasteiger charge is 2.64. The normalized spacial score (nSPS) is 25.4. The minimum absolute atomic E-state index is 0.0273. The molecule has 2 fully saturated rings. The number of rotatable bonds is 4. The lowest BCUT2D eigenvalue weighted by molar-refractivity contribution is -0.384. The number of benzene rings is 2. The summed E-state index contributed by atoms with van der Waals surface area (Å²) in [6.07, 6.45) is 3.51. The van der Waals surface area contributed by atoms with E-state index in [0.29, 0.717) is 0 Å². The van der Waals surface area contributed by atoms with Crippen LogP contribution in [0.1, 0.15) is 17.2 Å². The van der Waals surface area contributed by atoms with E-state index in [1.54, 1.807) is 11.1 Å². The monoisotopic (exact) mass is 434 g/mol. The van der Waals surface area contributed by atoms with Crippen LogP contribution < -0.4 is 15.4 Å². The summed E-state index contributed by atoms with van der Waals surface area (Å²) in [6, 6.07) is 9.52. The summed E-state index contributed by atoms with van der Waals surface area (Å²) in [6.45, 7) is 0. The molecule has 0 aromatic heterocycles. The zero-order valence-electron chi connectivity index (χ0n) is 16.9. The van der Waals surface area contributed by atoms with E-state index >= 15 is 0 Å². The molecule has 0 saturated carbocycles. The lowest BCUT2D eigenvalue weighted by atomic mass is 9.84. The summed E-state index contributed by atoms with van der Waals surface area (Å²) in [7, 11) is 1.34. The second-order valence-corrected chi connectivity index (χ2v) is 7.86. The quantitative estimate of drug-likeness (QED) is 0.438. The Hall–Kier alpha value is -4.21. The SMILES string of the molecule is COc1ccc([N+](=O)[O-])cc1N1C(=O)[C@@H]2[C@@H](C1=O)[C@@H]1c3ccccc3C=CN1[C@@H]2C(N)=O. The largest absolute Gasteiger partial charge is 0.495 e. The number of nitro groups is 1. The summed E-state index contributed by atoms with van der Waals surface area (Å²) >= 11 is 0. The van der Waals surface area contributed by atoms with Gasteiger partial charge >= 0.3 is 0 Å². The molecule has 3 heterocycles. The van der Waals surface area contributed by atoms with Crippen LogP contribution in [0.3, 0.4) is 0 Å². The maximum atomic E-state index is 13.7. The van der Waals surface area contributed by atoms with Crippen LogP contribution in [0.25, 0.3) is 6.08 Å². The van der Waals surface area contributed by atoms with Crippen LogP contribution in [0.2, 0.25) is 0 Å². The Morgan fingerprint density at radius 2 is 1.84 bits per heavy atom. The average Bonchev–Trinajstić information content (AvgIpc) is 3.26. The third kappa shape index (κ3) is 2.55. The summed E-state index contributed by atoms with van der Waals surface area (Å²) in [5.74, 6) is -3.68. The topological polar surface area (TPSA) is 136 Å². The minimum Gasteiger partial charge on any atom is -0.495 e. The van der Waals surface area contributed by atoms with Crippen molar-refractivity contribution in [3.05, 3.63) is 69.9 Å². The molecule has 5 rings (SSSR count). The highest BCUT2D eigenvalue weighted by Crippen LogP contribution is 2.53. The first-order valence-electron chi connectivity index (χ1n) is 9.89. The van der Waals surface area contributed by atoms with Gasteiger partial charge in [0.1, 0.15) is 17.5 Å². The van der Waals surface area contributed by atoms with Crippen molar-refractivity contribution in [3.63, 3.8) is 0 Å². The highest BCUT2D eigenvalue weighted by molar-refractivity contribution is 6.24. The molecular formula is C22H18N4O6. The Labute approximate surface area is 182 Å². The van der Waals surface area contributed by atoms with Crippen molar-refractivity contribution in [2.45, 2.75) is 12.1 Å². The third-order valence-corrected chi connectivity index (χ3v) is 6.37. The van der Waals surface area contributed by atoms with Gasteiger partial charge in [0.25, 0.3) is 5.69 Å². The number of methoxy groups -OCH3 is 1. The van der Waals surface area contributed by atoms with Gasteiger partial charge in [0.05, 0.1) is 29.9 Å². The van der Waals surface area contributed by atoms with E-state index in [1.807, 2.05) is 30.3 Å². The van der Waals surface area contributed by atoms with E-state index in [0.717, 1.165) is 22.1 Å². The summed E-state index contributed by atoms with van der Waals surface area (Å²) in [5.41, 5.74) is 7.05. The molecule has 32 heavy (non-hydrogen) atoms. The van der Waals surface area contributed by atoms with Gasteiger partial charge in [-0.2, -0.15) is 0 Å². The van der Waals surface area contributed by atoms with Gasteiger partial charge in [-0.3, -0.25) is 24.5 Å². The number of hydrogen-bond donors (Lipinski definition) is 1. The van der Waals surface area contributed by atoms with E-state index in [4.69, 9.17) is 10.5 Å². The average molecular weight is 434 g/mol. The molecule has 0 bridgehead atoms. The summed E-state index contributed by atoms with van der Waals surface area (Å²) in [4.78, 5) is 52.9. The fourth-order valence-corrected chi connectivity index (χ4v) is 5.09. The predicted octanol–water partition coefficient (Wildman–Crippen LogP) is 1.60. The van der Waals surface area contributed by atoms with E-state index in [2.05, 4.69) is 0 Å². The number of anilines is 1. The predicted molar refractivity (Wildman–Crippen MR) is 112 cm³/mol. The Bertz CT molecular complexity index is 1220. The number of nitrogens with two attached hydrogens (primary N) is 1.